The topological polar surface area (TPSA) is 69.4 Å². The summed E-state index contributed by atoms with van der Waals surface area (Å²) in [6.07, 6.45) is 0.0109. The van der Waals surface area contributed by atoms with Gasteiger partial charge in [0.2, 0.25) is 0 Å². The first-order chi connectivity index (χ1) is 8.51. The Morgan fingerprint density at radius 3 is 2.67 bits per heavy atom. The summed E-state index contributed by atoms with van der Waals surface area (Å²) >= 11 is 6.47. The van der Waals surface area contributed by atoms with Crippen LogP contribution in [0.25, 0.3) is 0 Å². The molecule has 1 aromatic carbocycles. The van der Waals surface area contributed by atoms with Gasteiger partial charge in [0, 0.05) is 11.4 Å². The molecule has 0 amide bonds. The lowest BCUT2D eigenvalue weighted by Gasteiger charge is -2.09. The summed E-state index contributed by atoms with van der Waals surface area (Å²) in [5.41, 5.74) is 1.35. The predicted molar refractivity (Wildman–Crippen MR) is 73.8 cm³/mol. The van der Waals surface area contributed by atoms with Crippen molar-refractivity contribution >= 4 is 43.5 Å². The summed E-state index contributed by atoms with van der Waals surface area (Å²) in [5, 5.41) is 11.3. The van der Waals surface area contributed by atoms with E-state index in [1.54, 1.807) is 13.0 Å². The van der Waals surface area contributed by atoms with E-state index in [0.717, 1.165) is 5.56 Å². The van der Waals surface area contributed by atoms with Crippen molar-refractivity contribution in [2.24, 2.45) is 0 Å². The van der Waals surface area contributed by atoms with Crippen molar-refractivity contribution in [3.63, 3.8) is 0 Å². The average molecular weight is 381 g/mol. The second-order valence-corrected chi connectivity index (χ2v) is 4.76. The van der Waals surface area contributed by atoms with Gasteiger partial charge in [-0.1, -0.05) is 22.0 Å². The van der Waals surface area contributed by atoms with Crippen LogP contribution in [0.5, 0.6) is 0 Å². The van der Waals surface area contributed by atoms with Crippen LogP contribution in [-0.4, -0.2) is 17.5 Å². The number of benzene rings is 1. The largest absolute Gasteiger partial charge is 0.466 e. The maximum Gasteiger partial charge on any atom is 0.310 e. The zero-order chi connectivity index (χ0) is 13.7. The van der Waals surface area contributed by atoms with Gasteiger partial charge in [-0.25, -0.2) is 0 Å². The minimum absolute atomic E-state index is 0.0109. The molecule has 0 radical (unpaired) electrons. The average Bonchev–Trinajstić information content (AvgIpc) is 2.31. The number of nitrogens with zero attached hydrogens (tertiary/aromatic N) is 1. The molecular formula is C11H11Br2NO4. The molecule has 0 aromatic heterocycles. The normalized spacial score (nSPS) is 10.2. The van der Waals surface area contributed by atoms with Crippen molar-refractivity contribution in [3.05, 3.63) is 37.8 Å². The highest BCUT2D eigenvalue weighted by molar-refractivity contribution is 9.10. The lowest BCUT2D eigenvalue weighted by Crippen LogP contribution is -2.10. The third-order valence-corrected chi connectivity index (χ3v) is 3.78. The quantitative estimate of drug-likeness (QED) is 0.340. The van der Waals surface area contributed by atoms with Gasteiger partial charge in [-0.2, -0.15) is 0 Å². The van der Waals surface area contributed by atoms with Gasteiger partial charge in [0.1, 0.15) is 0 Å². The first-order valence-electron chi connectivity index (χ1n) is 5.17. The van der Waals surface area contributed by atoms with Crippen molar-refractivity contribution in [1.29, 1.82) is 0 Å². The van der Waals surface area contributed by atoms with Gasteiger partial charge in [0.25, 0.3) is 5.69 Å². The molecule has 0 unspecified atom stereocenters. The van der Waals surface area contributed by atoms with Gasteiger partial charge in [0.05, 0.1) is 22.4 Å². The number of ether oxygens (including phenoxy) is 1. The number of esters is 1. The fraction of sp³-hybridized carbons (Fsp3) is 0.364. The fourth-order valence-corrected chi connectivity index (χ4v) is 2.66. The maximum atomic E-state index is 11.5. The molecule has 1 rings (SSSR count). The zero-order valence-corrected chi connectivity index (χ0v) is 12.8. The van der Waals surface area contributed by atoms with Gasteiger partial charge in [-0.05, 0) is 34.0 Å². The molecule has 0 heterocycles. The predicted octanol–water partition coefficient (Wildman–Crippen LogP) is 3.36. The highest BCUT2D eigenvalue weighted by Gasteiger charge is 2.20. The minimum Gasteiger partial charge on any atom is -0.466 e. The molecule has 0 saturated heterocycles. The maximum absolute atomic E-state index is 11.5. The highest BCUT2D eigenvalue weighted by atomic mass is 79.9. The van der Waals surface area contributed by atoms with Crippen molar-refractivity contribution in [1.82, 2.24) is 0 Å². The second-order valence-electron chi connectivity index (χ2n) is 3.41. The molecule has 18 heavy (non-hydrogen) atoms. The van der Waals surface area contributed by atoms with Gasteiger partial charge in [0.15, 0.2) is 0 Å². The third-order valence-electron chi connectivity index (χ3n) is 2.29. The number of carbonyl (C=O) groups is 1. The van der Waals surface area contributed by atoms with Crippen LogP contribution < -0.4 is 0 Å². The van der Waals surface area contributed by atoms with E-state index in [1.807, 2.05) is 0 Å². The van der Waals surface area contributed by atoms with E-state index in [1.165, 1.54) is 6.07 Å². The van der Waals surface area contributed by atoms with E-state index >= 15 is 0 Å². The Balaban J connectivity index is 3.17. The third kappa shape index (κ3) is 3.52. The molecule has 0 atom stereocenters. The molecule has 0 aliphatic rings. The molecule has 0 bridgehead atoms. The first-order valence-corrected chi connectivity index (χ1v) is 7.08. The van der Waals surface area contributed by atoms with Crippen molar-refractivity contribution < 1.29 is 14.5 Å². The van der Waals surface area contributed by atoms with Gasteiger partial charge in [-0.3, -0.25) is 14.9 Å². The molecule has 7 heteroatoms. The van der Waals surface area contributed by atoms with E-state index in [4.69, 9.17) is 4.74 Å². The number of rotatable bonds is 5. The Morgan fingerprint density at radius 1 is 1.50 bits per heavy atom. The monoisotopic (exact) mass is 379 g/mol. The fourth-order valence-electron chi connectivity index (χ4n) is 1.46. The van der Waals surface area contributed by atoms with Gasteiger partial charge in [-0.15, -0.1) is 0 Å². The second kappa shape index (κ2) is 6.84. The van der Waals surface area contributed by atoms with E-state index < -0.39 is 10.9 Å². The molecule has 98 valence electrons. The molecule has 0 spiro atoms. The summed E-state index contributed by atoms with van der Waals surface area (Å²) in [6.45, 7) is 2.00. The van der Waals surface area contributed by atoms with Gasteiger partial charge < -0.3 is 4.74 Å². The van der Waals surface area contributed by atoms with Crippen molar-refractivity contribution in [2.45, 2.75) is 18.7 Å². The number of hydrogen-bond donors (Lipinski definition) is 0. The number of nitro groups is 1. The Morgan fingerprint density at radius 2 is 2.17 bits per heavy atom. The van der Waals surface area contributed by atoms with Crippen molar-refractivity contribution in [3.8, 4) is 0 Å². The van der Waals surface area contributed by atoms with E-state index in [2.05, 4.69) is 31.9 Å². The summed E-state index contributed by atoms with van der Waals surface area (Å²) in [6, 6.07) is 3.04. The van der Waals surface area contributed by atoms with Crippen LogP contribution in [0.4, 0.5) is 5.69 Å². The molecule has 1 aromatic rings. The standard InChI is InChI=1S/C11H11Br2NO4/c1-2-18-10(15)5-8-7(6-12)3-4-9(11(8)13)14(16)17/h3-4H,2,5-6H2,1H3. The van der Waals surface area contributed by atoms with Crippen LogP contribution in [0, 0.1) is 10.1 Å². The number of alkyl halides is 1. The number of hydrogen-bond acceptors (Lipinski definition) is 4. The van der Waals surface area contributed by atoms with Crippen LogP contribution in [0.3, 0.4) is 0 Å². The molecule has 0 saturated carbocycles. The molecule has 0 N–H and O–H groups in total. The van der Waals surface area contributed by atoms with E-state index in [9.17, 15) is 14.9 Å². The van der Waals surface area contributed by atoms with Crippen LogP contribution in [-0.2, 0) is 21.3 Å². The van der Waals surface area contributed by atoms with Crippen molar-refractivity contribution in [2.75, 3.05) is 6.61 Å². The summed E-state index contributed by atoms with van der Waals surface area (Å²) < 4.78 is 5.19. The van der Waals surface area contributed by atoms with Crippen LogP contribution in [0.1, 0.15) is 18.1 Å². The Bertz CT molecular complexity index is 476. The number of carbonyl (C=O) groups excluding carboxylic acids is 1. The summed E-state index contributed by atoms with van der Waals surface area (Å²) in [7, 11) is 0. The lowest BCUT2D eigenvalue weighted by atomic mass is 10.0. The Hall–Kier alpha value is -0.950. The smallest absolute Gasteiger partial charge is 0.310 e. The zero-order valence-electron chi connectivity index (χ0n) is 9.61. The van der Waals surface area contributed by atoms with E-state index in [0.29, 0.717) is 15.4 Å². The Labute approximate surface area is 121 Å². The van der Waals surface area contributed by atoms with Crippen LogP contribution >= 0.6 is 31.9 Å². The SMILES string of the molecule is CCOC(=O)Cc1c(CBr)ccc([N+](=O)[O-])c1Br. The molecule has 5 nitrogen and oxygen atoms in total. The lowest BCUT2D eigenvalue weighted by molar-refractivity contribution is -0.385. The summed E-state index contributed by atoms with van der Waals surface area (Å²) in [5.74, 6) is -0.402. The number of nitro benzene ring substituents is 1. The van der Waals surface area contributed by atoms with E-state index in [-0.39, 0.29) is 18.7 Å². The molecule has 0 aliphatic heterocycles. The highest BCUT2D eigenvalue weighted by Crippen LogP contribution is 2.32. The molecular weight excluding hydrogens is 370 g/mol. The first kappa shape index (κ1) is 15.1. The summed E-state index contributed by atoms with van der Waals surface area (Å²) in [4.78, 5) is 21.8. The van der Waals surface area contributed by atoms with Crippen LogP contribution in [0.15, 0.2) is 16.6 Å². The van der Waals surface area contributed by atoms with Crippen LogP contribution in [0.2, 0.25) is 0 Å². The minimum atomic E-state index is -0.489. The molecule has 0 aliphatic carbocycles. The van der Waals surface area contributed by atoms with Gasteiger partial charge >= 0.3 is 5.97 Å². The number of halogens is 2. The Kier molecular flexibility index (Phi) is 5.74. The molecule has 0 fully saturated rings.